The molecule has 1 N–H and O–H groups in total. The molecular weight excluding hydrogens is 962 g/mol. The molecule has 0 amide bonds. The van der Waals surface area contributed by atoms with Gasteiger partial charge in [-0.3, -0.25) is 9.55 Å². The summed E-state index contributed by atoms with van der Waals surface area (Å²) < 4.78 is 38.2. The maximum atomic E-state index is 12.1. The van der Waals surface area contributed by atoms with E-state index in [0.29, 0.717) is 28.2 Å². The molecule has 8 rings (SSSR count). The predicted octanol–water partition coefficient (Wildman–Crippen LogP) is 15.8. The first kappa shape index (κ1) is 41.2. The van der Waals surface area contributed by atoms with E-state index in [1.54, 1.807) is 12.3 Å². The Kier molecular flexibility index (Phi) is 11.0. The standard InChI is InChI=1S/C59H62N3O.Pt/c1-37-30-45(58(8,9)10)36-49(54(37)63)55-61-53-47(20-17-21-52(53)62(55)51-27-26-44(57(5,6)7)35-48(51)39-18-15-14-16-19-39)41-31-42(33-46(32-41)59(11,12)13)50-34-40(28-29-60-50)38-22-24-43(25-23-38)56(2,3)4;/h14-30,32-36,63H,1-13H3;/q-1;/i22D,23D,24D,25D;. The van der Waals surface area contributed by atoms with Crippen molar-refractivity contribution in [2.45, 2.75) is 112 Å². The van der Waals surface area contributed by atoms with Gasteiger partial charge in [-0.1, -0.05) is 179 Å². The van der Waals surface area contributed by atoms with Crippen LogP contribution in [-0.4, -0.2) is 19.6 Å². The summed E-state index contributed by atoms with van der Waals surface area (Å²) in [6.45, 7) is 27.4. The molecule has 8 aromatic rings. The molecule has 4 nitrogen and oxygen atoms in total. The van der Waals surface area contributed by atoms with Gasteiger partial charge in [-0.05, 0) is 97.9 Å². The molecule has 0 aliphatic heterocycles. The number of phenols is 1. The zero-order valence-electron chi connectivity index (χ0n) is 43.5. The molecule has 64 heavy (non-hydrogen) atoms. The predicted molar refractivity (Wildman–Crippen MR) is 266 cm³/mol. The molecule has 0 unspecified atom stereocenters. The number of fused-ring (bicyclic) bond motifs is 1. The first-order valence-electron chi connectivity index (χ1n) is 24.0. The first-order valence-corrected chi connectivity index (χ1v) is 22.0. The van der Waals surface area contributed by atoms with E-state index in [-0.39, 0.29) is 72.8 Å². The third kappa shape index (κ3) is 9.18. The van der Waals surface area contributed by atoms with Gasteiger partial charge in [-0.25, -0.2) is 4.98 Å². The zero-order valence-corrected chi connectivity index (χ0v) is 41.8. The van der Waals surface area contributed by atoms with Crippen molar-refractivity contribution in [1.82, 2.24) is 14.5 Å². The van der Waals surface area contributed by atoms with Crippen LogP contribution in [0.15, 0.2) is 133 Å². The molecule has 0 saturated carbocycles. The molecule has 330 valence electrons. The Morgan fingerprint density at radius 1 is 0.547 bits per heavy atom. The van der Waals surface area contributed by atoms with E-state index in [9.17, 15) is 5.11 Å². The van der Waals surface area contributed by atoms with Crippen LogP contribution in [0.4, 0.5) is 0 Å². The number of aryl methyl sites for hydroxylation is 1. The number of hydrogen-bond acceptors (Lipinski definition) is 3. The van der Waals surface area contributed by atoms with Gasteiger partial charge in [0.1, 0.15) is 11.6 Å². The second-order valence-corrected chi connectivity index (χ2v) is 21.1. The Hall–Kier alpha value is -5.57. The van der Waals surface area contributed by atoms with Crippen molar-refractivity contribution in [3.63, 3.8) is 0 Å². The fourth-order valence-corrected chi connectivity index (χ4v) is 8.02. The number of hydrogen-bond donors (Lipinski definition) is 1. The number of para-hydroxylation sites is 1. The average Bonchev–Trinajstić information content (AvgIpc) is 3.65. The average molecular weight is 1030 g/mol. The molecular formula is C59H62N3OPt-. The van der Waals surface area contributed by atoms with Crippen LogP contribution in [0.1, 0.15) is 116 Å². The fourth-order valence-electron chi connectivity index (χ4n) is 8.02. The van der Waals surface area contributed by atoms with Crippen LogP contribution in [0.5, 0.6) is 5.75 Å². The molecule has 6 aromatic carbocycles. The molecule has 0 saturated heterocycles. The van der Waals surface area contributed by atoms with Crippen molar-refractivity contribution < 1.29 is 31.7 Å². The van der Waals surface area contributed by atoms with Gasteiger partial charge in [-0.15, -0.1) is 29.3 Å². The van der Waals surface area contributed by atoms with Gasteiger partial charge in [0.05, 0.1) is 27.8 Å². The van der Waals surface area contributed by atoms with Crippen LogP contribution in [0.25, 0.3) is 72.7 Å². The molecule has 2 aromatic heterocycles. The Balaban J connectivity index is 0.00000684. The summed E-state index contributed by atoms with van der Waals surface area (Å²) in [6.07, 6.45) is 1.66. The van der Waals surface area contributed by atoms with Crippen LogP contribution in [0, 0.1) is 13.0 Å². The van der Waals surface area contributed by atoms with Crippen LogP contribution in [0.3, 0.4) is 0 Å². The molecule has 0 radical (unpaired) electrons. The number of imidazole rings is 1. The number of rotatable bonds is 6. The number of pyridine rings is 1. The maximum Gasteiger partial charge on any atom is 0.148 e. The van der Waals surface area contributed by atoms with Gasteiger partial charge < -0.3 is 5.11 Å². The summed E-state index contributed by atoms with van der Waals surface area (Å²) in [7, 11) is 0. The van der Waals surface area contributed by atoms with Gasteiger partial charge in [0.2, 0.25) is 0 Å². The van der Waals surface area contributed by atoms with E-state index in [1.165, 1.54) is 5.56 Å². The minimum atomic E-state index is -0.573. The van der Waals surface area contributed by atoms with Gasteiger partial charge in [-0.2, -0.15) is 0 Å². The number of aromatic nitrogens is 3. The Labute approximate surface area is 401 Å². The largest absolute Gasteiger partial charge is 0.507 e. The SMILES string of the molecule is [2H]c1c([2H])c(C(C)(C)C)c([2H])c([2H])c1-c1ccnc(-c2[c-]c(-c3cccc4c3nc(-c3cc(C(C)(C)C)cc(C)c3O)n4-c3ccc(C(C)(C)C)cc3-c3ccccc3)cc(C(C)(C)C)c2)c1.[Pt]. The number of nitrogens with zero attached hydrogens (tertiary/aromatic N) is 3. The van der Waals surface area contributed by atoms with E-state index in [4.69, 9.17) is 15.5 Å². The molecule has 0 aliphatic rings. The quantitative estimate of drug-likeness (QED) is 0.169. The molecule has 5 heteroatoms. The second-order valence-electron chi connectivity index (χ2n) is 21.1. The molecule has 0 atom stereocenters. The van der Waals surface area contributed by atoms with Crippen molar-refractivity contribution in [3.8, 4) is 67.5 Å². The summed E-state index contributed by atoms with van der Waals surface area (Å²) in [5, 5.41) is 12.1. The molecule has 0 fully saturated rings. The first-order chi connectivity index (χ1) is 31.3. The monoisotopic (exact) mass is 1030 g/mol. The van der Waals surface area contributed by atoms with Gasteiger partial charge in [0.25, 0.3) is 0 Å². The molecule has 0 bridgehead atoms. The second kappa shape index (κ2) is 17.1. The van der Waals surface area contributed by atoms with Crippen molar-refractivity contribution >= 4 is 11.0 Å². The van der Waals surface area contributed by atoms with E-state index in [1.807, 2.05) is 39.8 Å². The number of benzene rings is 6. The van der Waals surface area contributed by atoms with Gasteiger partial charge in [0.15, 0.2) is 0 Å². The van der Waals surface area contributed by atoms with Crippen LogP contribution < -0.4 is 0 Å². The van der Waals surface area contributed by atoms with Gasteiger partial charge in [0, 0.05) is 38.5 Å². The van der Waals surface area contributed by atoms with Crippen molar-refractivity contribution in [3.05, 3.63) is 167 Å². The Bertz CT molecular complexity index is 3210. The van der Waals surface area contributed by atoms with E-state index < -0.39 is 5.41 Å². The minimum absolute atomic E-state index is 0. The summed E-state index contributed by atoms with van der Waals surface area (Å²) >= 11 is 0. The Morgan fingerprint density at radius 2 is 1.16 bits per heavy atom. The van der Waals surface area contributed by atoms with Crippen molar-refractivity contribution in [2.75, 3.05) is 0 Å². The third-order valence-corrected chi connectivity index (χ3v) is 12.0. The van der Waals surface area contributed by atoms with Crippen LogP contribution in [-0.2, 0) is 42.7 Å². The minimum Gasteiger partial charge on any atom is -0.507 e. The number of aromatic hydroxyl groups is 1. The van der Waals surface area contributed by atoms with Crippen molar-refractivity contribution in [2.24, 2.45) is 0 Å². The fraction of sp³-hybridized carbons (Fsp3) is 0.288. The summed E-state index contributed by atoms with van der Waals surface area (Å²) in [5.41, 5.74) is 12.4. The normalized spacial score (nSPS) is 13.3. The van der Waals surface area contributed by atoms with Crippen molar-refractivity contribution in [1.29, 1.82) is 0 Å². The Morgan fingerprint density at radius 3 is 1.80 bits per heavy atom. The topological polar surface area (TPSA) is 50.9 Å². The number of phenolic OH excluding ortho intramolecular Hbond substituents is 1. The van der Waals surface area contributed by atoms with E-state index >= 15 is 0 Å². The molecule has 0 aliphatic carbocycles. The van der Waals surface area contributed by atoms with E-state index in [0.717, 1.165) is 61.2 Å². The zero-order chi connectivity index (χ0) is 48.7. The molecule has 0 spiro atoms. The summed E-state index contributed by atoms with van der Waals surface area (Å²) in [6, 6.07) is 38.9. The molecule has 2 heterocycles. The smallest absolute Gasteiger partial charge is 0.148 e. The van der Waals surface area contributed by atoms with Gasteiger partial charge >= 0.3 is 0 Å². The summed E-state index contributed by atoms with van der Waals surface area (Å²) in [5.74, 6) is 0.803. The summed E-state index contributed by atoms with van der Waals surface area (Å²) in [4.78, 5) is 10.4. The maximum absolute atomic E-state index is 12.1. The van der Waals surface area contributed by atoms with Crippen LogP contribution in [0.2, 0.25) is 0 Å². The third-order valence-electron chi connectivity index (χ3n) is 12.0. The van der Waals surface area contributed by atoms with Crippen LogP contribution >= 0.6 is 0 Å². The van der Waals surface area contributed by atoms with E-state index in [2.05, 4.69) is 158 Å².